The van der Waals surface area contributed by atoms with E-state index >= 15 is 0 Å². The summed E-state index contributed by atoms with van der Waals surface area (Å²) in [6.07, 6.45) is 9.04. The Labute approximate surface area is 107 Å². The predicted octanol–water partition coefficient (Wildman–Crippen LogP) is 3.67. The van der Waals surface area contributed by atoms with Crippen molar-refractivity contribution in [1.82, 2.24) is 0 Å². The van der Waals surface area contributed by atoms with Gasteiger partial charge in [-0.25, -0.2) is 0 Å². The smallest absolute Gasteiger partial charge is 0.166 e. The lowest BCUT2D eigenvalue weighted by Gasteiger charge is -2.35. The molecule has 0 saturated carbocycles. The average molecular weight is 235 g/mol. The van der Waals surface area contributed by atoms with Crippen molar-refractivity contribution in [1.29, 1.82) is 5.26 Å². The first-order valence-corrected chi connectivity index (χ1v) is 6.50. The summed E-state index contributed by atoms with van der Waals surface area (Å²) in [7, 11) is 4.19. The molecule has 0 N–H and O–H groups in total. The fourth-order valence-corrected chi connectivity index (χ4v) is 2.21. The Morgan fingerprint density at radius 3 is 2.47 bits per heavy atom. The molecule has 1 atom stereocenters. The van der Waals surface area contributed by atoms with E-state index in [1.807, 2.05) is 6.08 Å². The lowest BCUT2D eigenvalue weighted by Crippen LogP contribution is -2.49. The normalized spacial score (nSPS) is 14.2. The molecular weight excluding hydrogens is 208 g/mol. The molecule has 0 bridgehead atoms. The molecule has 2 nitrogen and oxygen atoms in total. The molecule has 1 unspecified atom stereocenters. The standard InChI is InChI=1S/C15H27N2/c1-6-9-10-11-14(7-2)15(8-3)17(4,5)13-12-16/h7-8,15H,3,6,9-11,13H2,1-2,4-5H3/q+1/b14-7+. The molecule has 0 amide bonds. The Morgan fingerprint density at radius 2 is 2.06 bits per heavy atom. The third-order valence-electron chi connectivity index (χ3n) is 3.27. The molecular formula is C15H27N2+. The maximum absolute atomic E-state index is 8.90. The van der Waals surface area contributed by atoms with Gasteiger partial charge in [-0.2, -0.15) is 5.26 Å². The van der Waals surface area contributed by atoms with Gasteiger partial charge < -0.3 is 4.48 Å². The monoisotopic (exact) mass is 235 g/mol. The molecule has 0 aromatic carbocycles. The molecule has 0 saturated heterocycles. The van der Waals surface area contributed by atoms with E-state index < -0.39 is 0 Å². The van der Waals surface area contributed by atoms with Crippen LogP contribution in [-0.4, -0.2) is 31.2 Å². The van der Waals surface area contributed by atoms with Crippen molar-refractivity contribution in [3.8, 4) is 6.07 Å². The summed E-state index contributed by atoms with van der Waals surface area (Å²) in [4.78, 5) is 0. The molecule has 0 aromatic rings. The topological polar surface area (TPSA) is 23.8 Å². The number of quaternary nitrogens is 1. The first kappa shape index (κ1) is 15.9. The zero-order valence-corrected chi connectivity index (χ0v) is 11.9. The van der Waals surface area contributed by atoms with Gasteiger partial charge in [0.1, 0.15) is 12.1 Å². The fraction of sp³-hybridized carbons (Fsp3) is 0.667. The van der Waals surface area contributed by atoms with Gasteiger partial charge in [0.25, 0.3) is 0 Å². The van der Waals surface area contributed by atoms with E-state index in [0.717, 1.165) is 6.42 Å². The largest absolute Gasteiger partial charge is 0.307 e. The zero-order chi connectivity index (χ0) is 13.3. The van der Waals surface area contributed by atoms with Crippen LogP contribution in [0.5, 0.6) is 0 Å². The minimum Gasteiger partial charge on any atom is -0.307 e. The molecule has 0 heterocycles. The maximum atomic E-state index is 8.90. The summed E-state index contributed by atoms with van der Waals surface area (Å²) < 4.78 is 0.672. The Kier molecular flexibility index (Phi) is 7.58. The summed E-state index contributed by atoms with van der Waals surface area (Å²) in [6.45, 7) is 8.76. The van der Waals surface area contributed by atoms with Crippen LogP contribution in [0.4, 0.5) is 0 Å². The Morgan fingerprint density at radius 1 is 1.41 bits per heavy atom. The van der Waals surface area contributed by atoms with E-state index in [-0.39, 0.29) is 6.04 Å². The first-order valence-electron chi connectivity index (χ1n) is 6.50. The molecule has 17 heavy (non-hydrogen) atoms. The highest BCUT2D eigenvalue weighted by Crippen LogP contribution is 2.22. The Balaban J connectivity index is 4.72. The molecule has 2 heteroatoms. The molecule has 0 aromatic heterocycles. The van der Waals surface area contributed by atoms with Gasteiger partial charge in [0.05, 0.1) is 14.1 Å². The highest BCUT2D eigenvalue weighted by Gasteiger charge is 2.27. The number of nitrogens with zero attached hydrogens (tertiary/aromatic N) is 2. The predicted molar refractivity (Wildman–Crippen MR) is 74.5 cm³/mol. The first-order chi connectivity index (χ1) is 8.03. The third-order valence-corrected chi connectivity index (χ3v) is 3.27. The zero-order valence-electron chi connectivity index (χ0n) is 11.9. The van der Waals surface area contributed by atoms with E-state index in [0.29, 0.717) is 11.0 Å². The number of likely N-dealkylation sites (N-methyl/N-ethyl adjacent to an activating group) is 1. The molecule has 0 aliphatic carbocycles. The van der Waals surface area contributed by atoms with Gasteiger partial charge in [0.2, 0.25) is 0 Å². The van der Waals surface area contributed by atoms with E-state index in [1.54, 1.807) is 0 Å². The van der Waals surface area contributed by atoms with Gasteiger partial charge in [0, 0.05) is 0 Å². The Bertz CT molecular complexity index is 295. The van der Waals surface area contributed by atoms with Gasteiger partial charge in [0.15, 0.2) is 6.54 Å². The van der Waals surface area contributed by atoms with E-state index in [4.69, 9.17) is 5.26 Å². The fourth-order valence-electron chi connectivity index (χ4n) is 2.21. The van der Waals surface area contributed by atoms with Gasteiger partial charge in [-0.3, -0.25) is 0 Å². The maximum Gasteiger partial charge on any atom is 0.166 e. The van der Waals surface area contributed by atoms with Crippen molar-refractivity contribution in [2.75, 3.05) is 20.6 Å². The minimum atomic E-state index is 0.261. The highest BCUT2D eigenvalue weighted by atomic mass is 15.3. The molecule has 0 rings (SSSR count). The second-order valence-electron chi connectivity index (χ2n) is 5.10. The van der Waals surface area contributed by atoms with Crippen LogP contribution in [-0.2, 0) is 0 Å². The number of hydrogen-bond acceptors (Lipinski definition) is 1. The van der Waals surface area contributed by atoms with Gasteiger partial charge in [-0.15, -0.1) is 0 Å². The summed E-state index contributed by atoms with van der Waals surface area (Å²) in [5, 5.41) is 8.90. The number of unbranched alkanes of at least 4 members (excludes halogenated alkanes) is 2. The second kappa shape index (κ2) is 8.08. The summed E-state index contributed by atoms with van der Waals surface area (Å²) >= 11 is 0. The second-order valence-corrected chi connectivity index (χ2v) is 5.10. The van der Waals surface area contributed by atoms with Crippen LogP contribution in [0.25, 0.3) is 0 Å². The molecule has 96 valence electrons. The quantitative estimate of drug-likeness (QED) is 0.272. The average Bonchev–Trinajstić information content (AvgIpc) is 2.27. The van der Waals surface area contributed by atoms with Gasteiger partial charge in [-0.1, -0.05) is 32.4 Å². The van der Waals surface area contributed by atoms with Crippen LogP contribution in [0.15, 0.2) is 24.3 Å². The van der Waals surface area contributed by atoms with Gasteiger partial charge in [-0.05, 0) is 31.4 Å². The Hall–Kier alpha value is -1.07. The lowest BCUT2D eigenvalue weighted by atomic mass is 9.97. The third kappa shape index (κ3) is 5.19. The van der Waals surface area contributed by atoms with Crippen molar-refractivity contribution >= 4 is 0 Å². The molecule has 0 radical (unpaired) electrons. The highest BCUT2D eigenvalue weighted by molar-refractivity contribution is 5.13. The van der Waals surface area contributed by atoms with E-state index in [1.165, 1.54) is 24.8 Å². The number of nitriles is 1. The van der Waals surface area contributed by atoms with Crippen molar-refractivity contribution in [2.45, 2.75) is 45.6 Å². The number of allylic oxidation sites excluding steroid dienone is 1. The van der Waals surface area contributed by atoms with Crippen molar-refractivity contribution in [2.24, 2.45) is 0 Å². The summed E-state index contributed by atoms with van der Waals surface area (Å²) in [6, 6.07) is 2.53. The van der Waals surface area contributed by atoms with Crippen LogP contribution in [0.3, 0.4) is 0 Å². The number of rotatable bonds is 8. The van der Waals surface area contributed by atoms with Crippen molar-refractivity contribution < 1.29 is 4.48 Å². The number of hydrogen-bond donors (Lipinski definition) is 0. The van der Waals surface area contributed by atoms with E-state index in [2.05, 4.69) is 46.7 Å². The minimum absolute atomic E-state index is 0.261. The van der Waals surface area contributed by atoms with Crippen LogP contribution in [0, 0.1) is 11.3 Å². The van der Waals surface area contributed by atoms with Gasteiger partial charge >= 0.3 is 0 Å². The summed E-state index contributed by atoms with van der Waals surface area (Å²) in [5.41, 5.74) is 1.41. The van der Waals surface area contributed by atoms with Crippen LogP contribution in [0.2, 0.25) is 0 Å². The molecule has 0 aliphatic rings. The summed E-state index contributed by atoms with van der Waals surface area (Å²) in [5.74, 6) is 0. The molecule has 0 fully saturated rings. The van der Waals surface area contributed by atoms with Crippen molar-refractivity contribution in [3.63, 3.8) is 0 Å². The van der Waals surface area contributed by atoms with Crippen LogP contribution in [0.1, 0.15) is 39.5 Å². The molecule has 0 aliphatic heterocycles. The van der Waals surface area contributed by atoms with Crippen LogP contribution < -0.4 is 0 Å². The SMILES string of the molecule is C=CC(/C(=C/C)CCCCC)[N+](C)(C)CC#N. The molecule has 0 spiro atoms. The van der Waals surface area contributed by atoms with Crippen LogP contribution >= 0.6 is 0 Å². The lowest BCUT2D eigenvalue weighted by molar-refractivity contribution is -0.896. The van der Waals surface area contributed by atoms with Crippen molar-refractivity contribution in [3.05, 3.63) is 24.3 Å². The van der Waals surface area contributed by atoms with E-state index in [9.17, 15) is 0 Å².